The van der Waals surface area contributed by atoms with Gasteiger partial charge in [-0.1, -0.05) is 24.3 Å². The summed E-state index contributed by atoms with van der Waals surface area (Å²) in [6.07, 6.45) is 4.24. The van der Waals surface area contributed by atoms with Crippen LogP contribution >= 0.6 is 0 Å². The number of nitrogens with zero attached hydrogens (tertiary/aromatic N) is 4. The lowest BCUT2D eigenvalue weighted by molar-refractivity contribution is 0.0773. The molecule has 0 radical (unpaired) electrons. The van der Waals surface area contributed by atoms with Crippen LogP contribution in [0.5, 0.6) is 5.75 Å². The highest BCUT2D eigenvalue weighted by Crippen LogP contribution is 2.42. The number of halogens is 1. The van der Waals surface area contributed by atoms with Crippen LogP contribution < -0.4 is 9.64 Å². The molecule has 34 heavy (non-hydrogen) atoms. The standard InChI is InChI=1S/C27H31FN4O2/c1-4-31(5-2)25(33)20-10-12-21(13-11-20)27(22-8-6-9-24(16-22)34-3)14-7-15-32(19-27)26-29-17-23(28)18-30-26/h6,8-13,16-18H,4-5,7,14-15,19H2,1-3H3. The molecule has 0 N–H and O–H groups in total. The number of aromatic nitrogens is 2. The maximum absolute atomic E-state index is 13.4. The second kappa shape index (κ2) is 10.2. The fourth-order valence-electron chi connectivity index (χ4n) is 4.88. The maximum Gasteiger partial charge on any atom is 0.253 e. The zero-order chi connectivity index (χ0) is 24.1. The predicted molar refractivity (Wildman–Crippen MR) is 131 cm³/mol. The molecule has 0 spiro atoms. The minimum atomic E-state index is -0.451. The summed E-state index contributed by atoms with van der Waals surface area (Å²) in [4.78, 5) is 25.2. The zero-order valence-corrected chi connectivity index (χ0v) is 20.0. The Kier molecular flexibility index (Phi) is 7.10. The van der Waals surface area contributed by atoms with E-state index in [1.807, 2.05) is 43.0 Å². The van der Waals surface area contributed by atoms with E-state index in [1.54, 1.807) is 7.11 Å². The molecule has 1 atom stereocenters. The van der Waals surface area contributed by atoms with Gasteiger partial charge >= 0.3 is 0 Å². The highest BCUT2D eigenvalue weighted by Gasteiger charge is 2.40. The van der Waals surface area contributed by atoms with Crippen molar-refractivity contribution in [3.63, 3.8) is 0 Å². The number of hydrogen-bond donors (Lipinski definition) is 0. The number of carbonyl (C=O) groups is 1. The number of amides is 1. The summed E-state index contributed by atoms with van der Waals surface area (Å²) in [5.74, 6) is 0.896. The van der Waals surface area contributed by atoms with Crippen LogP contribution in [0.4, 0.5) is 10.3 Å². The molecular formula is C27H31FN4O2. The summed E-state index contributed by atoms with van der Waals surface area (Å²) in [6, 6.07) is 16.1. The van der Waals surface area contributed by atoms with E-state index in [2.05, 4.69) is 39.1 Å². The Morgan fingerprint density at radius 1 is 1.09 bits per heavy atom. The molecule has 2 heterocycles. The first-order valence-corrected chi connectivity index (χ1v) is 11.8. The van der Waals surface area contributed by atoms with E-state index >= 15 is 0 Å². The molecule has 1 aliphatic rings. The van der Waals surface area contributed by atoms with Crippen LogP contribution in [0, 0.1) is 5.82 Å². The van der Waals surface area contributed by atoms with Crippen molar-refractivity contribution in [3.8, 4) is 5.75 Å². The number of benzene rings is 2. The molecule has 2 aromatic carbocycles. The van der Waals surface area contributed by atoms with Gasteiger partial charge in [-0.05, 0) is 62.1 Å². The molecular weight excluding hydrogens is 431 g/mol. The van der Waals surface area contributed by atoms with Gasteiger partial charge in [0.2, 0.25) is 5.95 Å². The summed E-state index contributed by atoms with van der Waals surface area (Å²) in [5.41, 5.74) is 2.56. The van der Waals surface area contributed by atoms with Crippen molar-refractivity contribution in [1.29, 1.82) is 0 Å². The number of methoxy groups -OCH3 is 1. The third-order valence-corrected chi connectivity index (χ3v) is 6.74. The van der Waals surface area contributed by atoms with Gasteiger partial charge in [0.05, 0.1) is 19.5 Å². The van der Waals surface area contributed by atoms with Crippen LogP contribution in [-0.2, 0) is 5.41 Å². The second-order valence-electron chi connectivity index (χ2n) is 8.60. The van der Waals surface area contributed by atoms with Crippen LogP contribution in [-0.4, -0.2) is 54.1 Å². The topological polar surface area (TPSA) is 58.6 Å². The maximum atomic E-state index is 13.4. The predicted octanol–water partition coefficient (Wildman–Crippen LogP) is 4.69. The van der Waals surface area contributed by atoms with Gasteiger partial charge in [-0.3, -0.25) is 4.79 Å². The van der Waals surface area contributed by atoms with Gasteiger partial charge in [0, 0.05) is 37.2 Å². The lowest BCUT2D eigenvalue weighted by atomic mass is 9.69. The molecule has 0 saturated carbocycles. The molecule has 1 aliphatic heterocycles. The van der Waals surface area contributed by atoms with E-state index in [0.717, 1.165) is 36.3 Å². The minimum Gasteiger partial charge on any atom is -0.497 e. The normalized spacial score (nSPS) is 17.9. The van der Waals surface area contributed by atoms with Gasteiger partial charge in [0.15, 0.2) is 5.82 Å². The van der Waals surface area contributed by atoms with Crippen molar-refractivity contribution in [3.05, 3.63) is 83.4 Å². The quantitative estimate of drug-likeness (QED) is 0.510. The molecule has 1 amide bonds. The minimum absolute atomic E-state index is 0.0389. The number of rotatable bonds is 7. The summed E-state index contributed by atoms with van der Waals surface area (Å²) in [7, 11) is 1.67. The molecule has 0 aliphatic carbocycles. The summed E-state index contributed by atoms with van der Waals surface area (Å²) < 4.78 is 19.0. The molecule has 178 valence electrons. The number of ether oxygens (including phenoxy) is 1. The first-order valence-electron chi connectivity index (χ1n) is 11.8. The van der Waals surface area contributed by atoms with Crippen LogP contribution in [0.1, 0.15) is 48.2 Å². The Hall–Kier alpha value is -3.48. The van der Waals surface area contributed by atoms with E-state index in [9.17, 15) is 9.18 Å². The summed E-state index contributed by atoms with van der Waals surface area (Å²) in [5, 5.41) is 0. The summed E-state index contributed by atoms with van der Waals surface area (Å²) >= 11 is 0. The Bertz CT molecular complexity index is 1120. The average Bonchev–Trinajstić information content (AvgIpc) is 2.90. The van der Waals surface area contributed by atoms with Crippen LogP contribution in [0.25, 0.3) is 0 Å². The Balaban J connectivity index is 1.75. The van der Waals surface area contributed by atoms with Gasteiger partial charge in [0.1, 0.15) is 5.75 Å². The molecule has 1 saturated heterocycles. The van der Waals surface area contributed by atoms with Crippen molar-refractivity contribution < 1.29 is 13.9 Å². The van der Waals surface area contributed by atoms with E-state index in [1.165, 1.54) is 12.4 Å². The molecule has 0 bridgehead atoms. The molecule has 1 unspecified atom stereocenters. The lowest BCUT2D eigenvalue weighted by Gasteiger charge is -2.44. The number of hydrogen-bond acceptors (Lipinski definition) is 5. The number of anilines is 1. The van der Waals surface area contributed by atoms with E-state index in [0.29, 0.717) is 31.1 Å². The molecule has 4 rings (SSSR count). The van der Waals surface area contributed by atoms with Crippen molar-refractivity contribution in [2.75, 3.05) is 38.2 Å². The van der Waals surface area contributed by atoms with Crippen molar-refractivity contribution in [2.45, 2.75) is 32.1 Å². The number of carbonyl (C=O) groups excluding carboxylic acids is 1. The fraction of sp³-hybridized carbons (Fsp3) is 0.370. The van der Waals surface area contributed by atoms with E-state index < -0.39 is 5.82 Å². The lowest BCUT2D eigenvalue weighted by Crippen LogP contribution is -2.47. The first-order chi connectivity index (χ1) is 16.5. The monoisotopic (exact) mass is 462 g/mol. The van der Waals surface area contributed by atoms with Gasteiger partial charge < -0.3 is 14.5 Å². The van der Waals surface area contributed by atoms with Gasteiger partial charge in [-0.2, -0.15) is 0 Å². The van der Waals surface area contributed by atoms with E-state index in [-0.39, 0.29) is 11.3 Å². The van der Waals surface area contributed by atoms with Gasteiger partial charge in [-0.25, -0.2) is 14.4 Å². The highest BCUT2D eigenvalue weighted by molar-refractivity contribution is 5.94. The number of piperidine rings is 1. The summed E-state index contributed by atoms with van der Waals surface area (Å²) in [6.45, 7) is 6.75. The average molecular weight is 463 g/mol. The van der Waals surface area contributed by atoms with Crippen molar-refractivity contribution in [2.24, 2.45) is 0 Å². The molecule has 7 heteroatoms. The Labute approximate surface area is 200 Å². The third-order valence-electron chi connectivity index (χ3n) is 6.74. The zero-order valence-electron chi connectivity index (χ0n) is 20.0. The molecule has 1 fully saturated rings. The second-order valence-corrected chi connectivity index (χ2v) is 8.60. The van der Waals surface area contributed by atoms with Gasteiger partial charge in [-0.15, -0.1) is 0 Å². The van der Waals surface area contributed by atoms with Gasteiger partial charge in [0.25, 0.3) is 5.91 Å². The molecule has 6 nitrogen and oxygen atoms in total. The Morgan fingerprint density at radius 3 is 2.44 bits per heavy atom. The Morgan fingerprint density at radius 2 is 1.79 bits per heavy atom. The van der Waals surface area contributed by atoms with Crippen LogP contribution in [0.15, 0.2) is 60.9 Å². The third kappa shape index (κ3) is 4.60. The van der Waals surface area contributed by atoms with Crippen molar-refractivity contribution in [1.82, 2.24) is 14.9 Å². The first kappa shape index (κ1) is 23.7. The largest absolute Gasteiger partial charge is 0.497 e. The molecule has 1 aromatic heterocycles. The van der Waals surface area contributed by atoms with Crippen LogP contribution in [0.2, 0.25) is 0 Å². The highest BCUT2D eigenvalue weighted by atomic mass is 19.1. The smallest absolute Gasteiger partial charge is 0.253 e. The fourth-order valence-corrected chi connectivity index (χ4v) is 4.88. The van der Waals surface area contributed by atoms with Crippen LogP contribution in [0.3, 0.4) is 0 Å². The van der Waals surface area contributed by atoms with E-state index in [4.69, 9.17) is 4.74 Å². The SMILES string of the molecule is CCN(CC)C(=O)c1ccc(C2(c3cccc(OC)c3)CCCN(c3ncc(F)cn3)C2)cc1. The van der Waals surface area contributed by atoms with Crippen molar-refractivity contribution >= 4 is 11.9 Å². The molecule has 3 aromatic rings.